The van der Waals surface area contributed by atoms with Crippen LogP contribution in [0.5, 0.6) is 0 Å². The van der Waals surface area contributed by atoms with Gasteiger partial charge in [-0.15, -0.1) is 11.3 Å². The van der Waals surface area contributed by atoms with E-state index < -0.39 is 5.91 Å². The molecule has 0 saturated carbocycles. The zero-order chi connectivity index (χ0) is 17.4. The number of thiophene rings is 1. The number of halogens is 1. The highest BCUT2D eigenvalue weighted by atomic mass is 35.5. The summed E-state index contributed by atoms with van der Waals surface area (Å²) in [5.41, 5.74) is 7.90. The van der Waals surface area contributed by atoms with Gasteiger partial charge in [-0.1, -0.05) is 11.6 Å². The molecule has 0 bridgehead atoms. The van der Waals surface area contributed by atoms with Gasteiger partial charge in [0.1, 0.15) is 10.6 Å². The largest absolute Gasteiger partial charge is 0.365 e. The summed E-state index contributed by atoms with van der Waals surface area (Å²) in [6.45, 7) is 3.70. The molecule has 6 nitrogen and oxygen atoms in total. The molecule has 3 rings (SSSR count). The van der Waals surface area contributed by atoms with Crippen LogP contribution in [0.15, 0.2) is 24.5 Å². The second-order valence-electron chi connectivity index (χ2n) is 5.42. The maximum atomic E-state index is 12.3. The lowest BCUT2D eigenvalue weighted by atomic mass is 10.1. The second kappa shape index (κ2) is 6.26. The van der Waals surface area contributed by atoms with E-state index >= 15 is 0 Å². The molecular weight excluding hydrogens is 348 g/mol. The first kappa shape index (κ1) is 16.5. The first-order chi connectivity index (χ1) is 11.3. The molecule has 0 aliphatic carbocycles. The molecule has 3 N–H and O–H groups in total. The molecule has 0 spiro atoms. The molecule has 3 aromatic heterocycles. The van der Waals surface area contributed by atoms with Gasteiger partial charge < -0.3 is 15.5 Å². The number of aromatic nitrogens is 2. The van der Waals surface area contributed by atoms with Crippen LogP contribution in [0.3, 0.4) is 0 Å². The van der Waals surface area contributed by atoms with E-state index in [2.05, 4.69) is 10.3 Å². The molecule has 2 amide bonds. The van der Waals surface area contributed by atoms with Gasteiger partial charge in [0, 0.05) is 17.3 Å². The number of fused-ring (bicyclic) bond motifs is 1. The lowest BCUT2D eigenvalue weighted by Crippen LogP contribution is -2.18. The molecule has 0 fully saturated rings. The zero-order valence-electron chi connectivity index (χ0n) is 13.1. The number of aryl methyl sites for hydroxylation is 1. The van der Waals surface area contributed by atoms with Crippen molar-refractivity contribution in [3.63, 3.8) is 0 Å². The molecule has 0 aromatic carbocycles. The molecule has 0 saturated heterocycles. The van der Waals surface area contributed by atoms with Crippen LogP contribution in [0.4, 0.5) is 5.00 Å². The molecule has 3 aromatic rings. The zero-order valence-corrected chi connectivity index (χ0v) is 14.7. The Morgan fingerprint density at radius 2 is 2.08 bits per heavy atom. The van der Waals surface area contributed by atoms with Gasteiger partial charge in [-0.05, 0) is 31.5 Å². The second-order valence-corrected chi connectivity index (χ2v) is 7.08. The fourth-order valence-corrected chi connectivity index (χ4v) is 3.70. The molecular formula is C16H15ClN4O2S. The maximum Gasteiger partial charge on any atom is 0.251 e. The Balaban J connectivity index is 1.80. The summed E-state index contributed by atoms with van der Waals surface area (Å²) in [5, 5.41) is 3.83. The number of rotatable bonds is 4. The molecule has 8 heteroatoms. The third-order valence-corrected chi connectivity index (χ3v) is 5.04. The van der Waals surface area contributed by atoms with Gasteiger partial charge in [-0.25, -0.2) is 4.98 Å². The molecule has 24 heavy (non-hydrogen) atoms. The van der Waals surface area contributed by atoms with Crippen molar-refractivity contribution in [2.45, 2.75) is 20.3 Å². The molecule has 0 unspecified atom stereocenters. The van der Waals surface area contributed by atoms with Crippen molar-refractivity contribution in [3.8, 4) is 0 Å². The number of nitrogens with two attached hydrogens (primary N) is 1. The Morgan fingerprint density at radius 1 is 1.33 bits per heavy atom. The predicted molar refractivity (Wildman–Crippen MR) is 94.8 cm³/mol. The Morgan fingerprint density at radius 3 is 2.79 bits per heavy atom. The lowest BCUT2D eigenvalue weighted by molar-refractivity contribution is -0.115. The molecule has 0 radical (unpaired) electrons. The third kappa shape index (κ3) is 3.13. The number of carbonyl (C=O) groups is 2. The number of pyridine rings is 1. The van der Waals surface area contributed by atoms with Crippen LogP contribution in [0.1, 0.15) is 26.5 Å². The molecule has 0 atom stereocenters. The number of anilines is 1. The molecule has 124 valence electrons. The standard InChI is InChI=1S/C16H15ClN4O2S/c1-8-9(2)24-16(14(8)15(18)23)20-13(22)5-11-7-21-6-10(17)3-4-12(21)19-11/h3-4,6-7H,5H2,1-2H3,(H2,18,23)(H,20,22). The van der Waals surface area contributed by atoms with Gasteiger partial charge in [-0.3, -0.25) is 9.59 Å². The van der Waals surface area contributed by atoms with E-state index in [0.717, 1.165) is 10.4 Å². The summed E-state index contributed by atoms with van der Waals surface area (Å²) >= 11 is 7.27. The Kier molecular flexibility index (Phi) is 4.29. The molecule has 3 heterocycles. The summed E-state index contributed by atoms with van der Waals surface area (Å²) in [4.78, 5) is 29.2. The van der Waals surface area contributed by atoms with E-state index in [9.17, 15) is 9.59 Å². The minimum absolute atomic E-state index is 0.0908. The maximum absolute atomic E-state index is 12.3. The third-order valence-electron chi connectivity index (χ3n) is 3.69. The van der Waals surface area contributed by atoms with Crippen molar-refractivity contribution in [1.29, 1.82) is 0 Å². The van der Waals surface area contributed by atoms with E-state index in [1.54, 1.807) is 28.9 Å². The van der Waals surface area contributed by atoms with Crippen molar-refractivity contribution in [3.05, 3.63) is 51.2 Å². The van der Waals surface area contributed by atoms with Crippen molar-refractivity contribution < 1.29 is 9.59 Å². The van der Waals surface area contributed by atoms with Gasteiger partial charge >= 0.3 is 0 Å². The van der Waals surface area contributed by atoms with Gasteiger partial charge in [0.2, 0.25) is 5.91 Å². The topological polar surface area (TPSA) is 89.5 Å². The van der Waals surface area contributed by atoms with E-state index in [0.29, 0.717) is 26.9 Å². The minimum Gasteiger partial charge on any atom is -0.365 e. The van der Waals surface area contributed by atoms with Crippen LogP contribution in [0.25, 0.3) is 5.65 Å². The number of hydrogen-bond acceptors (Lipinski definition) is 4. The highest BCUT2D eigenvalue weighted by molar-refractivity contribution is 7.16. The fraction of sp³-hybridized carbons (Fsp3) is 0.188. The average molecular weight is 363 g/mol. The Hall–Kier alpha value is -2.38. The van der Waals surface area contributed by atoms with E-state index in [1.165, 1.54) is 11.3 Å². The van der Waals surface area contributed by atoms with E-state index in [-0.39, 0.29) is 12.3 Å². The van der Waals surface area contributed by atoms with Gasteiger partial charge in [0.25, 0.3) is 5.91 Å². The van der Waals surface area contributed by atoms with Gasteiger partial charge in [0.05, 0.1) is 22.7 Å². The van der Waals surface area contributed by atoms with Crippen LogP contribution in [0, 0.1) is 13.8 Å². The van der Waals surface area contributed by atoms with Crippen molar-refractivity contribution >= 4 is 45.4 Å². The highest BCUT2D eigenvalue weighted by Crippen LogP contribution is 2.32. The number of primary amides is 1. The average Bonchev–Trinajstić information content (AvgIpc) is 2.99. The number of amides is 2. The number of carbonyl (C=O) groups excluding carboxylic acids is 2. The van der Waals surface area contributed by atoms with Crippen molar-refractivity contribution in [2.24, 2.45) is 5.73 Å². The van der Waals surface area contributed by atoms with Crippen LogP contribution in [0.2, 0.25) is 5.02 Å². The normalized spacial score (nSPS) is 11.0. The lowest BCUT2D eigenvalue weighted by Gasteiger charge is -2.03. The fourth-order valence-electron chi connectivity index (χ4n) is 2.45. The molecule has 0 aliphatic heterocycles. The summed E-state index contributed by atoms with van der Waals surface area (Å²) in [5.74, 6) is -0.803. The number of imidazole rings is 1. The van der Waals surface area contributed by atoms with Crippen LogP contribution >= 0.6 is 22.9 Å². The summed E-state index contributed by atoms with van der Waals surface area (Å²) < 4.78 is 1.76. The summed E-state index contributed by atoms with van der Waals surface area (Å²) in [7, 11) is 0. The smallest absolute Gasteiger partial charge is 0.251 e. The molecule has 0 aliphatic rings. The van der Waals surface area contributed by atoms with E-state index in [4.69, 9.17) is 17.3 Å². The number of nitrogens with zero attached hydrogens (tertiary/aromatic N) is 2. The monoisotopic (exact) mass is 362 g/mol. The van der Waals surface area contributed by atoms with Crippen LogP contribution in [-0.2, 0) is 11.2 Å². The summed E-state index contributed by atoms with van der Waals surface area (Å²) in [6, 6.07) is 3.52. The SMILES string of the molecule is Cc1sc(NC(=O)Cc2cn3cc(Cl)ccc3n2)c(C(N)=O)c1C. The van der Waals surface area contributed by atoms with Crippen molar-refractivity contribution in [1.82, 2.24) is 9.38 Å². The first-order valence-corrected chi connectivity index (χ1v) is 8.37. The number of nitrogens with one attached hydrogen (secondary N) is 1. The minimum atomic E-state index is -0.547. The van der Waals surface area contributed by atoms with Gasteiger partial charge in [-0.2, -0.15) is 0 Å². The first-order valence-electron chi connectivity index (χ1n) is 7.18. The number of hydrogen-bond donors (Lipinski definition) is 2. The Labute approximate surface area is 147 Å². The van der Waals surface area contributed by atoms with E-state index in [1.807, 2.05) is 13.8 Å². The van der Waals surface area contributed by atoms with Crippen LogP contribution < -0.4 is 11.1 Å². The Bertz CT molecular complexity index is 961. The summed E-state index contributed by atoms with van der Waals surface area (Å²) in [6.07, 6.45) is 3.57. The van der Waals surface area contributed by atoms with Gasteiger partial charge in [0.15, 0.2) is 0 Å². The quantitative estimate of drug-likeness (QED) is 0.747. The van der Waals surface area contributed by atoms with Crippen LogP contribution in [-0.4, -0.2) is 21.2 Å². The highest BCUT2D eigenvalue weighted by Gasteiger charge is 2.19. The predicted octanol–water partition coefficient (Wildman–Crippen LogP) is 2.95. The van der Waals surface area contributed by atoms with Crippen molar-refractivity contribution in [2.75, 3.05) is 5.32 Å².